The fraction of sp³-hybridized carbons (Fsp3) is 0.429. The van der Waals surface area contributed by atoms with Gasteiger partial charge in [-0.15, -0.1) is 0 Å². The number of hydrogen-bond acceptors (Lipinski definition) is 3. The summed E-state index contributed by atoms with van der Waals surface area (Å²) in [6.45, 7) is 0.932. The minimum atomic E-state index is -4.45. The van der Waals surface area contributed by atoms with Crippen molar-refractivity contribution >= 4 is 34.9 Å². The number of pyridine rings is 1. The Labute approximate surface area is 183 Å². The molecule has 0 radical (unpaired) electrons. The third-order valence-corrected chi connectivity index (χ3v) is 5.89. The Morgan fingerprint density at radius 2 is 1.87 bits per heavy atom. The van der Waals surface area contributed by atoms with Crippen LogP contribution in [0.15, 0.2) is 24.4 Å². The molecule has 0 unspecified atom stereocenters. The van der Waals surface area contributed by atoms with Gasteiger partial charge in [0.2, 0.25) is 5.91 Å². The van der Waals surface area contributed by atoms with Gasteiger partial charge < -0.3 is 9.80 Å². The van der Waals surface area contributed by atoms with Crippen LogP contribution in [0.25, 0.3) is 0 Å². The molecule has 0 saturated heterocycles. The van der Waals surface area contributed by atoms with Gasteiger partial charge in [-0.25, -0.2) is 4.98 Å². The van der Waals surface area contributed by atoms with Gasteiger partial charge in [0.05, 0.1) is 5.56 Å². The van der Waals surface area contributed by atoms with E-state index in [-0.39, 0.29) is 12.3 Å². The fourth-order valence-electron chi connectivity index (χ4n) is 3.64. The smallest absolute Gasteiger partial charge is 0.363 e. The van der Waals surface area contributed by atoms with E-state index in [1.54, 1.807) is 36.0 Å². The molecule has 9 heteroatoms. The number of nitrogens with zero attached hydrogens (tertiary/aromatic N) is 3. The molecule has 0 atom stereocenters. The van der Waals surface area contributed by atoms with Gasteiger partial charge in [0.1, 0.15) is 5.82 Å². The van der Waals surface area contributed by atoms with E-state index >= 15 is 0 Å². The molecular formula is C21H22Cl2F3N3O. The molecule has 1 aromatic heterocycles. The quantitative estimate of drug-likeness (QED) is 0.601. The van der Waals surface area contributed by atoms with E-state index in [9.17, 15) is 18.0 Å². The van der Waals surface area contributed by atoms with Crippen molar-refractivity contribution in [3.63, 3.8) is 0 Å². The normalized spacial score (nSPS) is 13.9. The van der Waals surface area contributed by atoms with Gasteiger partial charge >= 0.3 is 6.18 Å². The molecule has 4 nitrogen and oxygen atoms in total. The van der Waals surface area contributed by atoms with Crippen molar-refractivity contribution in [2.75, 3.05) is 25.5 Å². The van der Waals surface area contributed by atoms with E-state index in [0.29, 0.717) is 53.8 Å². The number of aromatic nitrogens is 1. The number of halogens is 5. The summed E-state index contributed by atoms with van der Waals surface area (Å²) in [6.07, 6.45) is -2.00. The van der Waals surface area contributed by atoms with Gasteiger partial charge in [-0.05, 0) is 54.2 Å². The predicted molar refractivity (Wildman–Crippen MR) is 112 cm³/mol. The fourth-order valence-corrected chi connectivity index (χ4v) is 4.15. The Kier molecular flexibility index (Phi) is 6.82. The van der Waals surface area contributed by atoms with Gasteiger partial charge in [-0.3, -0.25) is 4.79 Å². The zero-order chi connectivity index (χ0) is 22.1. The maximum Gasteiger partial charge on any atom is 0.417 e. The van der Waals surface area contributed by atoms with Crippen molar-refractivity contribution in [1.82, 2.24) is 9.88 Å². The van der Waals surface area contributed by atoms with Crippen LogP contribution in [0.1, 0.15) is 35.1 Å². The van der Waals surface area contributed by atoms with Crippen molar-refractivity contribution in [1.29, 1.82) is 0 Å². The Bertz CT molecular complexity index is 948. The minimum absolute atomic E-state index is 0.0527. The number of fused-ring (bicyclic) bond motifs is 1. The number of carbonyl (C=O) groups excluding carboxylic acids is 1. The van der Waals surface area contributed by atoms with Crippen LogP contribution >= 0.6 is 23.2 Å². The van der Waals surface area contributed by atoms with Crippen LogP contribution in [0.5, 0.6) is 0 Å². The SMILES string of the molecule is CN(C)c1ncc(C(F)(F)F)cc1CCCC(=O)N1CCc2c(Cl)ccc(Cl)c2C1. The zero-order valence-corrected chi connectivity index (χ0v) is 18.2. The molecule has 0 spiro atoms. The monoisotopic (exact) mass is 459 g/mol. The molecule has 2 aromatic rings. The second-order valence-corrected chi connectivity index (χ2v) is 8.32. The summed E-state index contributed by atoms with van der Waals surface area (Å²) < 4.78 is 39.1. The molecule has 0 N–H and O–H groups in total. The van der Waals surface area contributed by atoms with Crippen LogP contribution < -0.4 is 4.90 Å². The second-order valence-electron chi connectivity index (χ2n) is 7.50. The van der Waals surface area contributed by atoms with Crippen molar-refractivity contribution in [3.05, 3.63) is 56.7 Å². The lowest BCUT2D eigenvalue weighted by molar-refractivity contribution is -0.138. The van der Waals surface area contributed by atoms with Gasteiger partial charge in [0.25, 0.3) is 0 Å². The molecule has 1 aliphatic rings. The minimum Gasteiger partial charge on any atom is -0.363 e. The lowest BCUT2D eigenvalue weighted by Crippen LogP contribution is -2.36. The maximum atomic E-state index is 13.0. The number of benzene rings is 1. The van der Waals surface area contributed by atoms with Crippen LogP contribution in [0.3, 0.4) is 0 Å². The van der Waals surface area contributed by atoms with E-state index in [2.05, 4.69) is 4.98 Å². The third kappa shape index (κ3) is 5.01. The Morgan fingerprint density at radius 3 is 2.50 bits per heavy atom. The number of aryl methyl sites for hydroxylation is 1. The highest BCUT2D eigenvalue weighted by Gasteiger charge is 2.32. The van der Waals surface area contributed by atoms with Crippen LogP contribution in [0, 0.1) is 0 Å². The van der Waals surface area contributed by atoms with Crippen molar-refractivity contribution < 1.29 is 18.0 Å². The van der Waals surface area contributed by atoms with Gasteiger partial charge in [0.15, 0.2) is 0 Å². The lowest BCUT2D eigenvalue weighted by atomic mass is 9.99. The van der Waals surface area contributed by atoms with Crippen molar-refractivity contribution in [3.8, 4) is 0 Å². The highest BCUT2D eigenvalue weighted by Crippen LogP contribution is 2.33. The molecule has 1 aromatic carbocycles. The summed E-state index contributed by atoms with van der Waals surface area (Å²) >= 11 is 12.5. The molecule has 1 aliphatic heterocycles. The summed E-state index contributed by atoms with van der Waals surface area (Å²) in [5.74, 6) is 0.423. The average molecular weight is 460 g/mol. The van der Waals surface area contributed by atoms with Gasteiger partial charge in [0, 0.05) is 49.8 Å². The summed E-state index contributed by atoms with van der Waals surface area (Å²) in [4.78, 5) is 20.0. The summed E-state index contributed by atoms with van der Waals surface area (Å²) in [5, 5.41) is 1.23. The second kappa shape index (κ2) is 9.02. The number of rotatable bonds is 5. The van der Waals surface area contributed by atoms with Gasteiger partial charge in [-0.2, -0.15) is 13.2 Å². The van der Waals surface area contributed by atoms with Crippen molar-refractivity contribution in [2.45, 2.75) is 38.4 Å². The van der Waals surface area contributed by atoms with Crippen LogP contribution in [0.4, 0.5) is 19.0 Å². The number of carbonyl (C=O) groups is 1. The predicted octanol–water partition coefficient (Wildman–Crippen LogP) is 5.38. The average Bonchev–Trinajstić information content (AvgIpc) is 2.69. The first kappa shape index (κ1) is 22.7. The number of alkyl halides is 3. The maximum absolute atomic E-state index is 13.0. The van der Waals surface area contributed by atoms with Gasteiger partial charge in [-0.1, -0.05) is 23.2 Å². The number of amides is 1. The molecule has 3 rings (SSSR count). The first-order chi connectivity index (χ1) is 14.1. The van der Waals surface area contributed by atoms with E-state index in [1.807, 2.05) is 0 Å². The molecular weight excluding hydrogens is 438 g/mol. The topological polar surface area (TPSA) is 36.4 Å². The first-order valence-corrected chi connectivity index (χ1v) is 10.3. The van der Waals surface area contributed by atoms with E-state index in [0.717, 1.165) is 23.4 Å². The number of hydrogen-bond donors (Lipinski definition) is 0. The highest BCUT2D eigenvalue weighted by molar-refractivity contribution is 6.34. The van der Waals surface area contributed by atoms with E-state index in [4.69, 9.17) is 23.2 Å². The van der Waals surface area contributed by atoms with Crippen LogP contribution in [0.2, 0.25) is 10.0 Å². The lowest BCUT2D eigenvalue weighted by Gasteiger charge is -2.30. The molecule has 2 heterocycles. The summed E-state index contributed by atoms with van der Waals surface area (Å²) in [5.41, 5.74) is 1.52. The molecule has 30 heavy (non-hydrogen) atoms. The van der Waals surface area contributed by atoms with Crippen LogP contribution in [-0.4, -0.2) is 36.4 Å². The summed E-state index contributed by atoms with van der Waals surface area (Å²) in [7, 11) is 3.45. The molecule has 1 amide bonds. The Morgan fingerprint density at radius 1 is 1.20 bits per heavy atom. The molecule has 0 saturated carbocycles. The first-order valence-electron chi connectivity index (χ1n) is 9.55. The molecule has 0 bridgehead atoms. The molecule has 0 fully saturated rings. The van der Waals surface area contributed by atoms with Crippen LogP contribution in [-0.2, 0) is 30.4 Å². The standard InChI is InChI=1S/C21H22Cl2F3N3O/c1-28(2)20-13(10-14(11-27-20)21(24,25)26)4-3-5-19(30)29-9-8-15-16(12-29)18(23)7-6-17(15)22/h6-7,10-11H,3-5,8-9,12H2,1-2H3. The third-order valence-electron chi connectivity index (χ3n) is 5.18. The van der Waals surface area contributed by atoms with E-state index < -0.39 is 11.7 Å². The Hall–Kier alpha value is -1.99. The highest BCUT2D eigenvalue weighted by atomic mass is 35.5. The van der Waals surface area contributed by atoms with Crippen molar-refractivity contribution in [2.24, 2.45) is 0 Å². The largest absolute Gasteiger partial charge is 0.417 e. The zero-order valence-electron chi connectivity index (χ0n) is 16.7. The number of anilines is 1. The Balaban J connectivity index is 1.65. The van der Waals surface area contributed by atoms with E-state index in [1.165, 1.54) is 0 Å². The molecule has 162 valence electrons. The summed E-state index contributed by atoms with van der Waals surface area (Å²) in [6, 6.07) is 4.59. The molecule has 0 aliphatic carbocycles.